The van der Waals surface area contributed by atoms with Crippen molar-refractivity contribution >= 4 is 30.7 Å². The molecule has 2 rings (SSSR count). The molecule has 0 radical (unpaired) electrons. The van der Waals surface area contributed by atoms with Crippen molar-refractivity contribution in [3.63, 3.8) is 0 Å². The average Bonchev–Trinajstić information content (AvgIpc) is 2.81. The lowest BCUT2D eigenvalue weighted by molar-refractivity contribution is -0.134. The number of halogens is 2. The summed E-state index contributed by atoms with van der Waals surface area (Å²) in [6, 6.07) is 0.436. The minimum atomic E-state index is -0.349. The van der Waals surface area contributed by atoms with Crippen molar-refractivity contribution in [2.75, 3.05) is 26.2 Å². The molecule has 2 aliphatic rings. The van der Waals surface area contributed by atoms with E-state index in [1.165, 1.54) is 25.7 Å². The largest absolute Gasteiger partial charge is 0.339 e. The zero-order valence-electron chi connectivity index (χ0n) is 11.0. The number of amides is 1. The minimum Gasteiger partial charge on any atom is -0.339 e. The summed E-state index contributed by atoms with van der Waals surface area (Å²) in [5, 5.41) is 0. The molecule has 6 heteroatoms. The van der Waals surface area contributed by atoms with Crippen LogP contribution >= 0.6 is 24.8 Å². The van der Waals surface area contributed by atoms with Gasteiger partial charge in [0.05, 0.1) is 6.04 Å². The molecule has 0 aromatic carbocycles. The zero-order chi connectivity index (χ0) is 11.5. The number of carbonyl (C=O) groups excluding carboxylic acids is 1. The second kappa shape index (κ2) is 8.20. The van der Waals surface area contributed by atoms with Gasteiger partial charge in [0.25, 0.3) is 0 Å². The van der Waals surface area contributed by atoms with Crippen LogP contribution in [0.1, 0.15) is 32.6 Å². The highest BCUT2D eigenvalue weighted by atomic mass is 35.5. The first kappa shape index (κ1) is 18.0. The smallest absolute Gasteiger partial charge is 0.239 e. The van der Waals surface area contributed by atoms with Crippen molar-refractivity contribution in [1.29, 1.82) is 0 Å². The van der Waals surface area contributed by atoms with Gasteiger partial charge in [-0.25, -0.2) is 0 Å². The van der Waals surface area contributed by atoms with Crippen LogP contribution in [0, 0.1) is 0 Å². The van der Waals surface area contributed by atoms with E-state index in [1.54, 1.807) is 6.92 Å². The molecule has 1 aliphatic heterocycles. The van der Waals surface area contributed by atoms with Crippen LogP contribution in [0.25, 0.3) is 0 Å². The highest BCUT2D eigenvalue weighted by Gasteiger charge is 2.28. The predicted octanol–water partition coefficient (Wildman–Crippen LogP) is 1.26. The molecular formula is C12H25Cl2N3O. The molecule has 1 aliphatic carbocycles. The van der Waals surface area contributed by atoms with Gasteiger partial charge in [-0.3, -0.25) is 9.69 Å². The fraction of sp³-hybridized carbons (Fsp3) is 0.917. The van der Waals surface area contributed by atoms with Crippen LogP contribution in [0.15, 0.2) is 0 Å². The van der Waals surface area contributed by atoms with E-state index in [-0.39, 0.29) is 36.8 Å². The van der Waals surface area contributed by atoms with E-state index in [0.717, 1.165) is 32.2 Å². The standard InChI is InChI=1S/C12H23N3O.2ClH/c1-10(13)12(16)15-8-6-14(7-9-15)11-4-2-3-5-11;;/h10-11H,2-9,13H2,1H3;2*1H/t10-;;/m1../s1. The number of hydrogen-bond acceptors (Lipinski definition) is 3. The predicted molar refractivity (Wildman–Crippen MR) is 78.6 cm³/mol. The molecule has 1 heterocycles. The Morgan fingerprint density at radius 1 is 1.11 bits per heavy atom. The Morgan fingerprint density at radius 3 is 2.06 bits per heavy atom. The first-order valence-corrected chi connectivity index (χ1v) is 6.47. The molecule has 0 aromatic heterocycles. The molecule has 1 atom stereocenters. The summed E-state index contributed by atoms with van der Waals surface area (Å²) in [7, 11) is 0. The van der Waals surface area contributed by atoms with Gasteiger partial charge in [-0.2, -0.15) is 0 Å². The van der Waals surface area contributed by atoms with Gasteiger partial charge in [0.1, 0.15) is 0 Å². The van der Waals surface area contributed by atoms with Crippen molar-refractivity contribution in [2.24, 2.45) is 5.73 Å². The number of piperazine rings is 1. The van der Waals surface area contributed by atoms with Crippen molar-refractivity contribution < 1.29 is 4.79 Å². The quantitative estimate of drug-likeness (QED) is 0.835. The molecular weight excluding hydrogens is 273 g/mol. The van der Waals surface area contributed by atoms with Crippen LogP contribution in [0.3, 0.4) is 0 Å². The monoisotopic (exact) mass is 297 g/mol. The maximum atomic E-state index is 11.7. The van der Waals surface area contributed by atoms with Crippen LogP contribution in [0.2, 0.25) is 0 Å². The summed E-state index contributed by atoms with van der Waals surface area (Å²) in [5.41, 5.74) is 5.62. The molecule has 0 bridgehead atoms. The molecule has 2 fully saturated rings. The summed E-state index contributed by atoms with van der Waals surface area (Å²) in [6.07, 6.45) is 5.45. The fourth-order valence-electron chi connectivity index (χ4n) is 2.86. The summed E-state index contributed by atoms with van der Waals surface area (Å²) in [4.78, 5) is 16.2. The summed E-state index contributed by atoms with van der Waals surface area (Å²) >= 11 is 0. The van der Waals surface area contributed by atoms with Crippen LogP contribution in [-0.4, -0.2) is 54.0 Å². The Hall–Kier alpha value is -0.0300. The van der Waals surface area contributed by atoms with Gasteiger partial charge in [-0.1, -0.05) is 12.8 Å². The van der Waals surface area contributed by atoms with E-state index in [1.807, 2.05) is 4.90 Å². The van der Waals surface area contributed by atoms with Gasteiger partial charge in [0.2, 0.25) is 5.91 Å². The molecule has 0 unspecified atom stereocenters. The zero-order valence-corrected chi connectivity index (χ0v) is 12.6. The Balaban J connectivity index is 0.00000144. The molecule has 4 nitrogen and oxygen atoms in total. The number of carbonyl (C=O) groups is 1. The van der Waals surface area contributed by atoms with E-state index in [9.17, 15) is 4.79 Å². The molecule has 0 spiro atoms. The minimum absolute atomic E-state index is 0. The summed E-state index contributed by atoms with van der Waals surface area (Å²) < 4.78 is 0. The molecule has 108 valence electrons. The van der Waals surface area contributed by atoms with Gasteiger partial charge in [0, 0.05) is 32.2 Å². The maximum Gasteiger partial charge on any atom is 0.239 e. The van der Waals surface area contributed by atoms with Crippen molar-refractivity contribution in [2.45, 2.75) is 44.7 Å². The van der Waals surface area contributed by atoms with Crippen LogP contribution < -0.4 is 5.73 Å². The van der Waals surface area contributed by atoms with E-state index in [0.29, 0.717) is 0 Å². The molecule has 1 amide bonds. The third-order valence-electron chi connectivity index (χ3n) is 3.86. The van der Waals surface area contributed by atoms with Crippen LogP contribution in [0.5, 0.6) is 0 Å². The molecule has 2 N–H and O–H groups in total. The van der Waals surface area contributed by atoms with Crippen molar-refractivity contribution in [3.05, 3.63) is 0 Å². The third-order valence-corrected chi connectivity index (χ3v) is 3.86. The van der Waals surface area contributed by atoms with Crippen LogP contribution in [-0.2, 0) is 4.79 Å². The van der Waals surface area contributed by atoms with E-state index in [2.05, 4.69) is 4.90 Å². The van der Waals surface area contributed by atoms with E-state index >= 15 is 0 Å². The van der Waals surface area contributed by atoms with Crippen LogP contribution in [0.4, 0.5) is 0 Å². The van der Waals surface area contributed by atoms with Crippen molar-refractivity contribution in [3.8, 4) is 0 Å². The van der Waals surface area contributed by atoms with Gasteiger partial charge >= 0.3 is 0 Å². The first-order valence-electron chi connectivity index (χ1n) is 6.47. The Bertz CT molecular complexity index is 250. The lowest BCUT2D eigenvalue weighted by atomic mass is 10.1. The lowest BCUT2D eigenvalue weighted by Gasteiger charge is -2.38. The Kier molecular flexibility index (Phi) is 8.19. The Labute approximate surface area is 122 Å². The molecule has 1 saturated carbocycles. The first-order chi connectivity index (χ1) is 7.68. The highest BCUT2D eigenvalue weighted by molar-refractivity contribution is 5.85. The number of hydrogen-bond donors (Lipinski definition) is 1. The molecule has 18 heavy (non-hydrogen) atoms. The lowest BCUT2D eigenvalue weighted by Crippen LogP contribution is -2.54. The highest BCUT2D eigenvalue weighted by Crippen LogP contribution is 2.24. The molecule has 1 saturated heterocycles. The van der Waals surface area contributed by atoms with Gasteiger partial charge in [0.15, 0.2) is 0 Å². The number of nitrogens with zero attached hydrogens (tertiary/aromatic N) is 2. The van der Waals surface area contributed by atoms with Gasteiger partial charge in [-0.05, 0) is 19.8 Å². The number of nitrogens with two attached hydrogens (primary N) is 1. The molecule has 0 aromatic rings. The second-order valence-electron chi connectivity index (χ2n) is 5.09. The SMILES string of the molecule is C[C@@H](N)C(=O)N1CCN(C2CCCC2)CC1.Cl.Cl. The normalized spacial score (nSPS) is 23.1. The van der Waals surface area contributed by atoms with Gasteiger partial charge in [-0.15, -0.1) is 24.8 Å². The maximum absolute atomic E-state index is 11.7. The Morgan fingerprint density at radius 2 is 1.61 bits per heavy atom. The third kappa shape index (κ3) is 4.26. The second-order valence-corrected chi connectivity index (χ2v) is 5.09. The summed E-state index contributed by atoms with van der Waals surface area (Å²) in [5.74, 6) is 0.103. The van der Waals surface area contributed by atoms with E-state index < -0.39 is 0 Å². The van der Waals surface area contributed by atoms with E-state index in [4.69, 9.17) is 5.73 Å². The average molecular weight is 298 g/mol. The number of rotatable bonds is 2. The van der Waals surface area contributed by atoms with Crippen molar-refractivity contribution in [1.82, 2.24) is 9.80 Å². The fourth-order valence-corrected chi connectivity index (χ4v) is 2.86. The van der Waals surface area contributed by atoms with Gasteiger partial charge < -0.3 is 10.6 Å². The summed E-state index contributed by atoms with van der Waals surface area (Å²) in [6.45, 7) is 5.55. The topological polar surface area (TPSA) is 49.6 Å².